The molecule has 0 radical (unpaired) electrons. The standard InChI is InChI=1S/C21H31N3O3S/c1-21(2,3)20-22-18-14-17(28(25)23-8-12-27-13-9-23)4-5-19(18)24(20)15-16-6-10-26-11-7-16/h4-5,14,16H,6-13,15H2,1-3H3. The number of rotatable bonds is 4. The number of nitrogens with zero attached hydrogens (tertiary/aromatic N) is 3. The highest BCUT2D eigenvalue weighted by atomic mass is 32.2. The van der Waals surface area contributed by atoms with Crippen LogP contribution in [0, 0.1) is 5.92 Å². The van der Waals surface area contributed by atoms with E-state index in [1.165, 1.54) is 0 Å². The monoisotopic (exact) mass is 405 g/mol. The van der Waals surface area contributed by atoms with Gasteiger partial charge in [0.15, 0.2) is 0 Å². The third-order valence-corrected chi connectivity index (χ3v) is 7.07. The molecule has 1 atom stereocenters. The van der Waals surface area contributed by atoms with Crippen LogP contribution in [0.1, 0.15) is 39.4 Å². The Balaban J connectivity index is 1.68. The van der Waals surface area contributed by atoms with Gasteiger partial charge in [-0.15, -0.1) is 0 Å². The average Bonchev–Trinajstić information content (AvgIpc) is 3.07. The van der Waals surface area contributed by atoms with Crippen LogP contribution in [0.4, 0.5) is 0 Å². The molecule has 0 amide bonds. The lowest BCUT2D eigenvalue weighted by Crippen LogP contribution is -2.37. The minimum atomic E-state index is -1.16. The Morgan fingerprint density at radius 1 is 1.11 bits per heavy atom. The number of hydrogen-bond acceptors (Lipinski definition) is 4. The fourth-order valence-corrected chi connectivity index (χ4v) is 5.20. The van der Waals surface area contributed by atoms with E-state index in [2.05, 4.69) is 31.4 Å². The van der Waals surface area contributed by atoms with Crippen LogP contribution in [0.5, 0.6) is 0 Å². The Kier molecular flexibility index (Phi) is 5.88. The Bertz CT molecular complexity index is 846. The van der Waals surface area contributed by atoms with Crippen LogP contribution in [0.25, 0.3) is 11.0 Å². The van der Waals surface area contributed by atoms with Crippen molar-refractivity contribution in [1.29, 1.82) is 0 Å². The third kappa shape index (κ3) is 4.17. The molecule has 1 unspecified atom stereocenters. The summed E-state index contributed by atoms with van der Waals surface area (Å²) in [6, 6.07) is 6.11. The first-order valence-electron chi connectivity index (χ1n) is 10.3. The van der Waals surface area contributed by atoms with E-state index >= 15 is 0 Å². The molecule has 2 aliphatic rings. The second kappa shape index (κ2) is 8.22. The van der Waals surface area contributed by atoms with Crippen molar-refractivity contribution >= 4 is 22.0 Å². The minimum Gasteiger partial charge on any atom is -0.381 e. The van der Waals surface area contributed by atoms with Crippen LogP contribution in [0.2, 0.25) is 0 Å². The van der Waals surface area contributed by atoms with Gasteiger partial charge in [0.05, 0.1) is 29.1 Å². The van der Waals surface area contributed by atoms with Gasteiger partial charge < -0.3 is 14.0 Å². The highest BCUT2D eigenvalue weighted by molar-refractivity contribution is 7.82. The molecule has 0 saturated carbocycles. The molecule has 28 heavy (non-hydrogen) atoms. The summed E-state index contributed by atoms with van der Waals surface area (Å²) in [5.41, 5.74) is 2.03. The van der Waals surface area contributed by atoms with Crippen LogP contribution >= 0.6 is 0 Å². The summed E-state index contributed by atoms with van der Waals surface area (Å²) in [4.78, 5) is 5.82. The van der Waals surface area contributed by atoms with Crippen LogP contribution in [-0.2, 0) is 32.4 Å². The normalized spacial score (nSPS) is 21.2. The molecule has 154 valence electrons. The number of aromatic nitrogens is 2. The van der Waals surface area contributed by atoms with Crippen LogP contribution < -0.4 is 0 Å². The van der Waals surface area contributed by atoms with Crippen LogP contribution in [-0.4, -0.2) is 57.6 Å². The molecule has 0 spiro atoms. The number of ether oxygens (including phenoxy) is 2. The first kappa shape index (κ1) is 20.0. The highest BCUT2D eigenvalue weighted by Crippen LogP contribution is 2.30. The zero-order valence-corrected chi connectivity index (χ0v) is 18.0. The van der Waals surface area contributed by atoms with Crippen LogP contribution in [0.15, 0.2) is 23.1 Å². The molecule has 1 aromatic carbocycles. The van der Waals surface area contributed by atoms with E-state index in [0.717, 1.165) is 54.4 Å². The molecule has 2 fully saturated rings. The van der Waals surface area contributed by atoms with Gasteiger partial charge in [0.1, 0.15) is 16.8 Å². The summed E-state index contributed by atoms with van der Waals surface area (Å²) in [5, 5.41) is 0. The van der Waals surface area contributed by atoms with E-state index in [4.69, 9.17) is 14.5 Å². The fourth-order valence-electron chi connectivity index (χ4n) is 4.02. The summed E-state index contributed by atoms with van der Waals surface area (Å²) in [7, 11) is -1.16. The molecular weight excluding hydrogens is 374 g/mol. The van der Waals surface area contributed by atoms with E-state index in [1.807, 2.05) is 16.4 Å². The van der Waals surface area contributed by atoms with Crippen molar-refractivity contribution < 1.29 is 13.7 Å². The molecular formula is C21H31N3O3S. The van der Waals surface area contributed by atoms with Crippen molar-refractivity contribution in [2.75, 3.05) is 39.5 Å². The van der Waals surface area contributed by atoms with E-state index in [1.54, 1.807) is 0 Å². The van der Waals surface area contributed by atoms with Crippen molar-refractivity contribution in [2.45, 2.75) is 50.5 Å². The van der Waals surface area contributed by atoms with Gasteiger partial charge in [0, 0.05) is 38.3 Å². The first-order chi connectivity index (χ1) is 13.4. The fraction of sp³-hybridized carbons (Fsp3) is 0.667. The van der Waals surface area contributed by atoms with Gasteiger partial charge in [-0.3, -0.25) is 0 Å². The Morgan fingerprint density at radius 2 is 1.79 bits per heavy atom. The second-order valence-corrected chi connectivity index (χ2v) is 10.3. The molecule has 3 heterocycles. The first-order valence-corrected chi connectivity index (χ1v) is 11.4. The predicted molar refractivity (Wildman–Crippen MR) is 111 cm³/mol. The number of hydrogen-bond donors (Lipinski definition) is 0. The Labute approximate surface area is 169 Å². The molecule has 0 bridgehead atoms. The van der Waals surface area contributed by atoms with E-state index in [9.17, 15) is 4.21 Å². The van der Waals surface area contributed by atoms with Crippen molar-refractivity contribution in [2.24, 2.45) is 5.92 Å². The maximum atomic E-state index is 13.0. The van der Waals surface area contributed by atoms with Crippen LogP contribution in [0.3, 0.4) is 0 Å². The van der Waals surface area contributed by atoms with Gasteiger partial charge in [0.25, 0.3) is 0 Å². The van der Waals surface area contributed by atoms with Gasteiger partial charge in [0.2, 0.25) is 0 Å². The van der Waals surface area contributed by atoms with Gasteiger partial charge >= 0.3 is 0 Å². The Hall–Kier alpha value is -1.28. The molecule has 2 aliphatic heterocycles. The van der Waals surface area contributed by atoms with E-state index in [-0.39, 0.29) is 5.41 Å². The number of imidazole rings is 1. The maximum Gasteiger partial charge on any atom is 0.127 e. The van der Waals surface area contributed by atoms with Gasteiger partial charge in [-0.25, -0.2) is 13.5 Å². The van der Waals surface area contributed by atoms with Gasteiger partial charge in [-0.05, 0) is 37.0 Å². The molecule has 0 N–H and O–H groups in total. The number of morpholine rings is 1. The largest absolute Gasteiger partial charge is 0.381 e. The molecule has 4 rings (SSSR count). The summed E-state index contributed by atoms with van der Waals surface area (Å²) in [5.74, 6) is 1.72. The molecule has 6 nitrogen and oxygen atoms in total. The van der Waals surface area contributed by atoms with Crippen molar-refractivity contribution in [3.63, 3.8) is 0 Å². The van der Waals surface area contributed by atoms with E-state index in [0.29, 0.717) is 32.2 Å². The summed E-state index contributed by atoms with van der Waals surface area (Å²) in [6.45, 7) is 12.0. The molecule has 2 aromatic rings. The molecule has 2 saturated heterocycles. The average molecular weight is 406 g/mol. The SMILES string of the molecule is CC(C)(C)c1nc2cc(S(=O)N3CCOCC3)ccc2n1CC1CCOCC1. The van der Waals surface area contributed by atoms with Crippen molar-refractivity contribution in [3.05, 3.63) is 24.0 Å². The lowest BCUT2D eigenvalue weighted by molar-refractivity contribution is 0.0611. The topological polar surface area (TPSA) is 56.6 Å². The van der Waals surface area contributed by atoms with Crippen molar-refractivity contribution in [1.82, 2.24) is 13.9 Å². The second-order valence-electron chi connectivity index (χ2n) is 8.79. The lowest BCUT2D eigenvalue weighted by Gasteiger charge is -2.26. The Morgan fingerprint density at radius 3 is 2.46 bits per heavy atom. The zero-order valence-electron chi connectivity index (χ0n) is 17.1. The third-order valence-electron chi connectivity index (χ3n) is 5.58. The summed E-state index contributed by atoms with van der Waals surface area (Å²) < 4.78 is 28.3. The highest BCUT2D eigenvalue weighted by Gasteiger charge is 2.26. The molecule has 0 aliphatic carbocycles. The number of benzene rings is 1. The summed E-state index contributed by atoms with van der Waals surface area (Å²) >= 11 is 0. The smallest absolute Gasteiger partial charge is 0.127 e. The van der Waals surface area contributed by atoms with E-state index < -0.39 is 11.0 Å². The zero-order chi connectivity index (χ0) is 19.7. The minimum absolute atomic E-state index is 0.0479. The van der Waals surface area contributed by atoms with Gasteiger partial charge in [-0.1, -0.05) is 20.8 Å². The molecule has 7 heteroatoms. The van der Waals surface area contributed by atoms with Gasteiger partial charge in [-0.2, -0.15) is 0 Å². The maximum absolute atomic E-state index is 13.0. The number of fused-ring (bicyclic) bond motifs is 1. The lowest BCUT2D eigenvalue weighted by atomic mass is 9.94. The van der Waals surface area contributed by atoms with Crippen molar-refractivity contribution in [3.8, 4) is 0 Å². The molecule has 1 aromatic heterocycles. The summed E-state index contributed by atoms with van der Waals surface area (Å²) in [6.07, 6.45) is 2.20. The quantitative estimate of drug-likeness (QED) is 0.784. The predicted octanol–water partition coefficient (Wildman–Crippen LogP) is 3.12.